The summed E-state index contributed by atoms with van der Waals surface area (Å²) in [4.78, 5) is 48.8. The normalized spacial score (nSPS) is 15.6. The third-order valence-electron chi connectivity index (χ3n) is 4.92. The van der Waals surface area contributed by atoms with Gasteiger partial charge in [-0.05, 0) is 18.9 Å². The van der Waals surface area contributed by atoms with Gasteiger partial charge in [-0.1, -0.05) is 37.5 Å². The van der Waals surface area contributed by atoms with Gasteiger partial charge in [0.25, 0.3) is 17.2 Å². The van der Waals surface area contributed by atoms with Crippen molar-refractivity contribution in [3.63, 3.8) is 0 Å². The molecule has 3 rings (SSSR count). The van der Waals surface area contributed by atoms with E-state index in [1.54, 1.807) is 6.07 Å². The van der Waals surface area contributed by atoms with Crippen molar-refractivity contribution in [3.05, 3.63) is 74.7 Å². The number of nitro groups is 1. The molecule has 0 spiro atoms. The number of nitro benzene ring substituents is 1. The van der Waals surface area contributed by atoms with Crippen LogP contribution in [0.3, 0.4) is 0 Å². The quantitative estimate of drug-likeness (QED) is 0.357. The van der Waals surface area contributed by atoms with E-state index in [-0.39, 0.29) is 17.3 Å². The van der Waals surface area contributed by atoms with Crippen LogP contribution >= 0.6 is 0 Å². The Kier molecular flexibility index (Phi) is 5.98. The molecule has 1 atom stereocenters. The zero-order valence-corrected chi connectivity index (χ0v) is 15.2. The molecule has 0 bridgehead atoms. The average molecular weight is 383 g/mol. The fourth-order valence-corrected chi connectivity index (χ4v) is 3.48. The number of benzene rings is 1. The summed E-state index contributed by atoms with van der Waals surface area (Å²) in [7, 11) is 0. The maximum absolute atomic E-state index is 13.1. The van der Waals surface area contributed by atoms with Gasteiger partial charge in [-0.3, -0.25) is 29.1 Å². The van der Waals surface area contributed by atoms with Crippen LogP contribution in [0, 0.1) is 10.1 Å². The Balaban J connectivity index is 1.96. The minimum absolute atomic E-state index is 0.00810. The van der Waals surface area contributed by atoms with Gasteiger partial charge in [0.1, 0.15) is 0 Å². The molecule has 1 fully saturated rings. The standard InChI is InChI=1S/C20H21N3O5/c24-17-11-4-5-12-22(17)18(20(26)21-15-8-2-1-3-9-15)19(25)14-7-6-10-16(13-14)23(27)28/h4-7,10-13,15,18H,1-3,8-9H2,(H,21,26). The Morgan fingerprint density at radius 2 is 1.86 bits per heavy atom. The van der Waals surface area contributed by atoms with Gasteiger partial charge in [0.05, 0.1) is 4.92 Å². The summed E-state index contributed by atoms with van der Waals surface area (Å²) < 4.78 is 1.07. The summed E-state index contributed by atoms with van der Waals surface area (Å²) >= 11 is 0. The number of aromatic nitrogens is 1. The number of amides is 1. The largest absolute Gasteiger partial charge is 0.351 e. The number of non-ortho nitro benzene ring substituents is 1. The van der Waals surface area contributed by atoms with Crippen LogP contribution < -0.4 is 10.9 Å². The number of nitrogens with zero attached hydrogens (tertiary/aromatic N) is 2. The van der Waals surface area contributed by atoms with Crippen molar-refractivity contribution >= 4 is 17.4 Å². The molecule has 0 aliphatic heterocycles. The molecule has 0 radical (unpaired) electrons. The third kappa shape index (κ3) is 4.33. The molecule has 1 aliphatic carbocycles. The molecule has 1 amide bonds. The molecular formula is C20H21N3O5. The van der Waals surface area contributed by atoms with Crippen molar-refractivity contribution in [2.45, 2.75) is 44.2 Å². The molecule has 146 valence electrons. The summed E-state index contributed by atoms with van der Waals surface area (Å²) in [5.41, 5.74) is -0.739. The van der Waals surface area contributed by atoms with Crippen LogP contribution in [-0.2, 0) is 4.79 Å². The Morgan fingerprint density at radius 1 is 1.11 bits per heavy atom. The van der Waals surface area contributed by atoms with Crippen LogP contribution in [0.5, 0.6) is 0 Å². The van der Waals surface area contributed by atoms with E-state index in [9.17, 15) is 24.5 Å². The molecule has 1 N–H and O–H groups in total. The predicted octanol–water partition coefficient (Wildman–Crippen LogP) is 2.63. The molecule has 28 heavy (non-hydrogen) atoms. The number of carbonyl (C=O) groups excluding carboxylic acids is 2. The molecule has 1 aliphatic rings. The van der Waals surface area contributed by atoms with Crippen molar-refractivity contribution in [3.8, 4) is 0 Å². The van der Waals surface area contributed by atoms with Gasteiger partial charge in [0, 0.05) is 36.0 Å². The summed E-state index contributed by atoms with van der Waals surface area (Å²) in [6.45, 7) is 0. The van der Waals surface area contributed by atoms with Crippen LogP contribution in [0.1, 0.15) is 48.5 Å². The second kappa shape index (κ2) is 8.60. The van der Waals surface area contributed by atoms with Crippen LogP contribution in [0.4, 0.5) is 5.69 Å². The number of carbonyl (C=O) groups is 2. The Hall–Kier alpha value is -3.29. The smallest absolute Gasteiger partial charge is 0.270 e. The molecular weight excluding hydrogens is 362 g/mol. The van der Waals surface area contributed by atoms with Crippen LogP contribution in [0.15, 0.2) is 53.5 Å². The van der Waals surface area contributed by atoms with E-state index in [2.05, 4.69) is 5.32 Å². The lowest BCUT2D eigenvalue weighted by Gasteiger charge is -2.26. The maximum atomic E-state index is 13.1. The van der Waals surface area contributed by atoms with Gasteiger partial charge in [0.2, 0.25) is 0 Å². The second-order valence-electron chi connectivity index (χ2n) is 6.86. The second-order valence-corrected chi connectivity index (χ2v) is 6.86. The summed E-state index contributed by atoms with van der Waals surface area (Å²) in [6.07, 6.45) is 6.14. The summed E-state index contributed by atoms with van der Waals surface area (Å²) in [5.74, 6) is -1.23. The van der Waals surface area contributed by atoms with Crippen molar-refractivity contribution in [1.82, 2.24) is 9.88 Å². The van der Waals surface area contributed by atoms with E-state index in [1.807, 2.05) is 0 Å². The number of rotatable bonds is 6. The first-order valence-corrected chi connectivity index (χ1v) is 9.23. The van der Waals surface area contributed by atoms with Crippen LogP contribution in [-0.4, -0.2) is 27.2 Å². The zero-order valence-electron chi connectivity index (χ0n) is 15.2. The maximum Gasteiger partial charge on any atom is 0.270 e. The molecule has 8 nitrogen and oxygen atoms in total. The lowest BCUT2D eigenvalue weighted by molar-refractivity contribution is -0.384. The molecule has 1 saturated carbocycles. The predicted molar refractivity (Wildman–Crippen MR) is 102 cm³/mol. The van der Waals surface area contributed by atoms with Gasteiger partial charge in [-0.2, -0.15) is 0 Å². The van der Waals surface area contributed by atoms with E-state index in [0.29, 0.717) is 0 Å². The lowest BCUT2D eigenvalue weighted by Crippen LogP contribution is -2.45. The Morgan fingerprint density at radius 3 is 2.54 bits per heavy atom. The van der Waals surface area contributed by atoms with Crippen LogP contribution in [0.2, 0.25) is 0 Å². The third-order valence-corrected chi connectivity index (χ3v) is 4.92. The van der Waals surface area contributed by atoms with E-state index in [1.165, 1.54) is 36.5 Å². The molecule has 0 saturated heterocycles. The van der Waals surface area contributed by atoms with Gasteiger partial charge in [-0.15, -0.1) is 0 Å². The number of Topliss-reactive ketones (excluding diaryl/α,β-unsaturated/α-hetero) is 1. The van der Waals surface area contributed by atoms with Crippen molar-refractivity contribution in [1.29, 1.82) is 0 Å². The highest BCUT2D eigenvalue weighted by molar-refractivity contribution is 6.12. The topological polar surface area (TPSA) is 111 Å². The number of ketones is 1. The van der Waals surface area contributed by atoms with Gasteiger partial charge in [0.15, 0.2) is 11.8 Å². The highest BCUT2D eigenvalue weighted by atomic mass is 16.6. The molecule has 1 unspecified atom stereocenters. The van der Waals surface area contributed by atoms with Gasteiger partial charge in [-0.25, -0.2) is 0 Å². The van der Waals surface area contributed by atoms with Gasteiger partial charge >= 0.3 is 0 Å². The highest BCUT2D eigenvalue weighted by Gasteiger charge is 2.32. The molecule has 8 heteroatoms. The molecule has 1 heterocycles. The van der Waals surface area contributed by atoms with E-state index in [4.69, 9.17) is 0 Å². The van der Waals surface area contributed by atoms with Crippen molar-refractivity contribution < 1.29 is 14.5 Å². The summed E-state index contributed by atoms with van der Waals surface area (Å²) in [5, 5.41) is 13.9. The summed E-state index contributed by atoms with van der Waals surface area (Å²) in [6, 6.07) is 8.06. The van der Waals surface area contributed by atoms with Crippen molar-refractivity contribution in [2.75, 3.05) is 0 Å². The Bertz CT molecular complexity index is 947. The number of hydrogen-bond donors (Lipinski definition) is 1. The minimum Gasteiger partial charge on any atom is -0.351 e. The fourth-order valence-electron chi connectivity index (χ4n) is 3.48. The first-order chi connectivity index (χ1) is 13.5. The molecule has 1 aromatic heterocycles. The first-order valence-electron chi connectivity index (χ1n) is 9.23. The highest BCUT2D eigenvalue weighted by Crippen LogP contribution is 2.21. The van der Waals surface area contributed by atoms with Gasteiger partial charge < -0.3 is 5.32 Å². The Labute approximate surface area is 161 Å². The molecule has 2 aromatic rings. The molecule has 1 aromatic carbocycles. The van der Waals surface area contributed by atoms with E-state index >= 15 is 0 Å². The number of hydrogen-bond acceptors (Lipinski definition) is 5. The van der Waals surface area contributed by atoms with E-state index in [0.717, 1.165) is 42.7 Å². The monoisotopic (exact) mass is 383 g/mol. The first kappa shape index (κ1) is 19.5. The lowest BCUT2D eigenvalue weighted by atomic mass is 9.94. The number of nitrogens with one attached hydrogen (secondary N) is 1. The average Bonchev–Trinajstić information content (AvgIpc) is 2.70. The number of pyridine rings is 1. The zero-order chi connectivity index (χ0) is 20.1. The fraction of sp³-hybridized carbons (Fsp3) is 0.350. The minimum atomic E-state index is -1.42. The van der Waals surface area contributed by atoms with Crippen molar-refractivity contribution in [2.24, 2.45) is 0 Å². The van der Waals surface area contributed by atoms with E-state index < -0.39 is 28.2 Å². The van der Waals surface area contributed by atoms with Crippen LogP contribution in [0.25, 0.3) is 0 Å². The SMILES string of the molecule is O=C(NC1CCCCC1)C(C(=O)c1cccc([N+](=O)[O-])c1)n1ccccc1=O.